The molecule has 3 nitrogen and oxygen atoms in total. The summed E-state index contributed by atoms with van der Waals surface area (Å²) in [7, 11) is 1.68. The summed E-state index contributed by atoms with van der Waals surface area (Å²) in [5, 5.41) is 14.5. The minimum atomic E-state index is -0.0350. The lowest BCUT2D eigenvalue weighted by Crippen LogP contribution is -2.54. The van der Waals surface area contributed by atoms with Crippen molar-refractivity contribution in [3.63, 3.8) is 0 Å². The fourth-order valence-corrected chi connectivity index (χ4v) is 8.13. The van der Waals surface area contributed by atoms with Crippen molar-refractivity contribution < 1.29 is 9.94 Å². The van der Waals surface area contributed by atoms with Crippen molar-refractivity contribution in [3.8, 4) is 0 Å². The Morgan fingerprint density at radius 3 is 2.44 bits per heavy atom. The summed E-state index contributed by atoms with van der Waals surface area (Å²) in [5.74, 6) is 4.02. The molecule has 0 unspecified atom stereocenters. The Hall–Kier alpha value is -0.570. The van der Waals surface area contributed by atoms with E-state index in [1.165, 1.54) is 50.7 Å². The topological polar surface area (TPSA) is 41.8 Å². The van der Waals surface area contributed by atoms with Gasteiger partial charge < -0.3 is 9.94 Å². The van der Waals surface area contributed by atoms with E-state index < -0.39 is 0 Å². The number of hydrogen-bond donors (Lipinski definition) is 1. The van der Waals surface area contributed by atoms with Gasteiger partial charge in [0.15, 0.2) is 0 Å². The van der Waals surface area contributed by atoms with Gasteiger partial charge in [0.2, 0.25) is 0 Å². The van der Waals surface area contributed by atoms with Gasteiger partial charge in [0.25, 0.3) is 0 Å². The van der Waals surface area contributed by atoms with Crippen LogP contribution in [-0.4, -0.2) is 24.0 Å². The highest BCUT2D eigenvalue weighted by Crippen LogP contribution is 2.67. The molecule has 142 valence electrons. The molecule has 0 aromatic rings. The largest absolute Gasteiger partial charge is 0.399 e. The molecule has 4 aliphatic rings. The van der Waals surface area contributed by atoms with Crippen molar-refractivity contribution in [2.24, 2.45) is 45.6 Å². The second kappa shape index (κ2) is 6.25. The van der Waals surface area contributed by atoms with Crippen molar-refractivity contribution in [1.29, 1.82) is 0 Å². The van der Waals surface area contributed by atoms with Crippen LogP contribution in [0.2, 0.25) is 0 Å². The highest BCUT2D eigenvalue weighted by atomic mass is 16.6. The number of nitrogens with zero attached hydrogens (tertiary/aromatic N) is 1. The first-order chi connectivity index (χ1) is 11.9. The summed E-state index contributed by atoms with van der Waals surface area (Å²) in [6.45, 7) is 7.31. The Bertz CT molecular complexity index is 546. The van der Waals surface area contributed by atoms with Crippen molar-refractivity contribution in [3.05, 3.63) is 0 Å². The van der Waals surface area contributed by atoms with E-state index in [9.17, 15) is 5.11 Å². The van der Waals surface area contributed by atoms with Gasteiger partial charge in [0, 0.05) is 5.92 Å². The number of oxime groups is 1. The van der Waals surface area contributed by atoms with Crippen LogP contribution >= 0.6 is 0 Å². The molecule has 8 atom stereocenters. The number of rotatable bonds is 2. The first-order valence-corrected chi connectivity index (χ1v) is 10.7. The predicted molar refractivity (Wildman–Crippen MR) is 101 cm³/mol. The standard InChI is InChI=1S/C22H37NO2/c1-14(23-25-4)18-7-8-19-17-6-5-15-13-16(24)9-11-21(15,2)20(17)10-12-22(18,19)3/h15-20,24H,5-13H2,1-4H3/b23-14+/t15-,16-,17-,18+,19-,20-,21-,22+/m0/s1. The molecular weight excluding hydrogens is 310 g/mol. The summed E-state index contributed by atoms with van der Waals surface area (Å²) < 4.78 is 0. The molecule has 0 bridgehead atoms. The van der Waals surface area contributed by atoms with Gasteiger partial charge in [0.05, 0.1) is 11.8 Å². The van der Waals surface area contributed by atoms with Gasteiger partial charge in [-0.1, -0.05) is 19.0 Å². The van der Waals surface area contributed by atoms with Crippen LogP contribution < -0.4 is 0 Å². The van der Waals surface area contributed by atoms with Crippen LogP contribution in [0.4, 0.5) is 0 Å². The van der Waals surface area contributed by atoms with E-state index in [0.29, 0.717) is 16.7 Å². The first kappa shape index (κ1) is 17.8. The average Bonchev–Trinajstić information content (AvgIpc) is 2.93. The van der Waals surface area contributed by atoms with Crippen molar-refractivity contribution in [1.82, 2.24) is 0 Å². The van der Waals surface area contributed by atoms with E-state index in [-0.39, 0.29) is 6.10 Å². The Morgan fingerprint density at radius 1 is 0.960 bits per heavy atom. The Balaban J connectivity index is 1.59. The van der Waals surface area contributed by atoms with E-state index in [1.54, 1.807) is 7.11 Å². The van der Waals surface area contributed by atoms with E-state index in [2.05, 4.69) is 25.9 Å². The zero-order valence-corrected chi connectivity index (χ0v) is 16.6. The zero-order valence-electron chi connectivity index (χ0n) is 16.6. The van der Waals surface area contributed by atoms with E-state index in [1.807, 2.05) is 0 Å². The summed E-state index contributed by atoms with van der Waals surface area (Å²) in [6, 6.07) is 0. The maximum Gasteiger partial charge on any atom is 0.106 e. The highest BCUT2D eigenvalue weighted by molar-refractivity contribution is 5.85. The van der Waals surface area contributed by atoms with Gasteiger partial charge in [0.1, 0.15) is 7.11 Å². The molecule has 25 heavy (non-hydrogen) atoms. The fraction of sp³-hybridized carbons (Fsp3) is 0.955. The van der Waals surface area contributed by atoms with Crippen molar-refractivity contribution in [2.75, 3.05) is 7.11 Å². The van der Waals surface area contributed by atoms with Crippen LogP contribution in [0, 0.1) is 40.4 Å². The molecule has 4 fully saturated rings. The smallest absolute Gasteiger partial charge is 0.106 e. The van der Waals surface area contributed by atoms with Gasteiger partial charge in [-0.05, 0) is 99.2 Å². The quantitative estimate of drug-likeness (QED) is 0.562. The van der Waals surface area contributed by atoms with Crippen LogP contribution in [0.3, 0.4) is 0 Å². The van der Waals surface area contributed by atoms with E-state index >= 15 is 0 Å². The second-order valence-electron chi connectivity index (χ2n) is 10.2. The van der Waals surface area contributed by atoms with Gasteiger partial charge in [-0.25, -0.2) is 0 Å². The molecule has 4 aliphatic carbocycles. The number of aliphatic hydroxyl groups excluding tert-OH is 1. The molecule has 4 rings (SSSR count). The van der Waals surface area contributed by atoms with Gasteiger partial charge in [-0.15, -0.1) is 0 Å². The van der Waals surface area contributed by atoms with Crippen LogP contribution in [0.1, 0.15) is 78.6 Å². The molecule has 0 aromatic carbocycles. The zero-order chi connectivity index (χ0) is 17.8. The molecule has 0 saturated heterocycles. The summed E-state index contributed by atoms with van der Waals surface area (Å²) in [4.78, 5) is 5.11. The number of hydrogen-bond acceptors (Lipinski definition) is 3. The SMILES string of the molecule is CO/N=C(\C)[C@H]1CC[C@H]2[C@@H]3CC[C@H]4C[C@@H](O)CC[C@]4(C)[C@H]3CC[C@]12C. The Labute approximate surface area is 153 Å². The Morgan fingerprint density at radius 2 is 1.68 bits per heavy atom. The molecule has 1 N–H and O–H groups in total. The monoisotopic (exact) mass is 347 g/mol. The normalized spacial score (nSPS) is 52.9. The fourth-order valence-electron chi connectivity index (χ4n) is 8.13. The molecule has 0 aliphatic heterocycles. The highest BCUT2D eigenvalue weighted by Gasteiger charge is 2.60. The summed E-state index contributed by atoms with van der Waals surface area (Å²) >= 11 is 0. The van der Waals surface area contributed by atoms with Crippen LogP contribution in [-0.2, 0) is 4.84 Å². The number of fused-ring (bicyclic) bond motifs is 5. The molecule has 4 saturated carbocycles. The molecular formula is C22H37NO2. The molecule has 0 spiro atoms. The van der Waals surface area contributed by atoms with E-state index in [0.717, 1.165) is 36.5 Å². The predicted octanol–water partition coefficient (Wildman–Crippen LogP) is 5.03. The maximum atomic E-state index is 10.2. The minimum Gasteiger partial charge on any atom is -0.399 e. The van der Waals surface area contributed by atoms with Crippen molar-refractivity contribution >= 4 is 5.71 Å². The van der Waals surface area contributed by atoms with Crippen LogP contribution in [0.5, 0.6) is 0 Å². The molecule has 0 radical (unpaired) electrons. The lowest BCUT2D eigenvalue weighted by Gasteiger charge is -2.61. The number of aliphatic hydroxyl groups is 1. The second-order valence-corrected chi connectivity index (χ2v) is 10.2. The average molecular weight is 348 g/mol. The third kappa shape index (κ3) is 2.59. The van der Waals surface area contributed by atoms with Gasteiger partial charge in [-0.3, -0.25) is 0 Å². The van der Waals surface area contributed by atoms with Crippen LogP contribution in [0.25, 0.3) is 0 Å². The third-order valence-corrected chi connectivity index (χ3v) is 9.38. The Kier molecular flexibility index (Phi) is 4.46. The summed E-state index contributed by atoms with van der Waals surface area (Å²) in [5.41, 5.74) is 2.12. The maximum absolute atomic E-state index is 10.2. The first-order valence-electron chi connectivity index (χ1n) is 10.7. The molecule has 0 heterocycles. The summed E-state index contributed by atoms with van der Waals surface area (Å²) in [6.07, 6.45) is 11.4. The molecule has 0 aromatic heterocycles. The van der Waals surface area contributed by atoms with Crippen LogP contribution in [0.15, 0.2) is 5.16 Å². The minimum absolute atomic E-state index is 0.0350. The molecule has 3 heteroatoms. The lowest BCUT2D eigenvalue weighted by molar-refractivity contribution is -0.123. The third-order valence-electron chi connectivity index (χ3n) is 9.38. The lowest BCUT2D eigenvalue weighted by atomic mass is 9.44. The van der Waals surface area contributed by atoms with Crippen molar-refractivity contribution in [2.45, 2.75) is 84.7 Å². The van der Waals surface area contributed by atoms with Gasteiger partial charge in [-0.2, -0.15) is 0 Å². The van der Waals surface area contributed by atoms with Gasteiger partial charge >= 0.3 is 0 Å². The molecule has 0 amide bonds. The van der Waals surface area contributed by atoms with E-state index in [4.69, 9.17) is 4.84 Å².